The van der Waals surface area contributed by atoms with Crippen molar-refractivity contribution in [2.24, 2.45) is 0 Å². The molecular formula is C2H5FeMnO4P. The molecule has 0 fully saturated rings. The van der Waals surface area contributed by atoms with Crippen LogP contribution in [0, 0.1) is 0 Å². The van der Waals surface area contributed by atoms with E-state index in [1.54, 1.807) is 0 Å². The number of aliphatic carboxylic acids is 2. The Morgan fingerprint density at radius 3 is 1.11 bits per heavy atom. The first-order chi connectivity index (χ1) is 2.64. The molecule has 7 heteroatoms. The number of carboxylic acid groups (broad SMARTS) is 2. The maximum absolute atomic E-state index is 9.10. The zero-order valence-corrected chi connectivity index (χ0v) is 7.85. The summed E-state index contributed by atoms with van der Waals surface area (Å²) in [6, 6.07) is 0. The number of carboxylic acids is 2. The van der Waals surface area contributed by atoms with E-state index in [-0.39, 0.29) is 44.0 Å². The minimum absolute atomic E-state index is 0. The molecule has 0 aromatic carbocycles. The van der Waals surface area contributed by atoms with Crippen LogP contribution in [0.3, 0.4) is 0 Å². The quantitative estimate of drug-likeness (QED) is 0.327. The number of carbonyl (C=O) groups is 2. The molecular weight excluding hydrogens is 230 g/mol. The summed E-state index contributed by atoms with van der Waals surface area (Å²) >= 11 is 0. The molecule has 0 aliphatic rings. The molecule has 0 heterocycles. The fourth-order valence-corrected chi connectivity index (χ4v) is 0. The van der Waals surface area contributed by atoms with E-state index in [9.17, 15) is 0 Å². The predicted molar refractivity (Wildman–Crippen MR) is 26.4 cm³/mol. The largest absolute Gasteiger partial charge is 0.473 e. The van der Waals surface area contributed by atoms with E-state index in [0.29, 0.717) is 0 Å². The second kappa shape index (κ2) is 11.2. The van der Waals surface area contributed by atoms with Crippen molar-refractivity contribution in [2.75, 3.05) is 0 Å². The van der Waals surface area contributed by atoms with E-state index < -0.39 is 11.9 Å². The van der Waals surface area contributed by atoms with Crippen molar-refractivity contribution < 1.29 is 53.9 Å². The first-order valence-electron chi connectivity index (χ1n) is 1.11. The normalized spacial score (nSPS) is 4.89. The van der Waals surface area contributed by atoms with Crippen LogP contribution in [-0.2, 0) is 43.7 Å². The average Bonchev–Trinajstić information content (AvgIpc) is 1.36. The predicted octanol–water partition coefficient (Wildman–Crippen LogP) is -0.791. The standard InChI is InChI=1S/C2H2O4.Fe.Mn.H3P/c3-1(4)2(5)6;;;/h(H,3,4)(H,5,6);;;1H3. The van der Waals surface area contributed by atoms with Crippen LogP contribution >= 0.6 is 9.90 Å². The molecule has 0 aliphatic carbocycles. The van der Waals surface area contributed by atoms with Gasteiger partial charge in [0.15, 0.2) is 0 Å². The Morgan fingerprint density at radius 1 is 1.00 bits per heavy atom. The minimum Gasteiger partial charge on any atom is -0.473 e. The monoisotopic (exact) mass is 235 g/mol. The first-order valence-corrected chi connectivity index (χ1v) is 1.11. The van der Waals surface area contributed by atoms with Crippen molar-refractivity contribution in [3.63, 3.8) is 0 Å². The summed E-state index contributed by atoms with van der Waals surface area (Å²) in [4.78, 5) is 18.2. The second-order valence-corrected chi connectivity index (χ2v) is 0.610. The molecule has 0 rings (SSSR count). The first kappa shape index (κ1) is 22.7. The molecule has 0 amide bonds. The fourth-order valence-electron chi connectivity index (χ4n) is 0. The van der Waals surface area contributed by atoms with E-state index in [4.69, 9.17) is 19.8 Å². The summed E-state index contributed by atoms with van der Waals surface area (Å²) in [7, 11) is 0. The van der Waals surface area contributed by atoms with Gasteiger partial charge in [0, 0.05) is 34.1 Å². The number of hydrogen-bond donors (Lipinski definition) is 2. The smallest absolute Gasteiger partial charge is 0.414 e. The van der Waals surface area contributed by atoms with Crippen molar-refractivity contribution in [3.8, 4) is 0 Å². The van der Waals surface area contributed by atoms with Gasteiger partial charge in [-0.05, 0) is 0 Å². The summed E-state index contributed by atoms with van der Waals surface area (Å²) in [5, 5.41) is 14.8. The van der Waals surface area contributed by atoms with E-state index >= 15 is 0 Å². The van der Waals surface area contributed by atoms with E-state index in [2.05, 4.69) is 0 Å². The number of hydrogen-bond acceptors (Lipinski definition) is 2. The third kappa shape index (κ3) is 17.8. The van der Waals surface area contributed by atoms with Crippen LogP contribution in [0.2, 0.25) is 0 Å². The minimum atomic E-state index is -1.82. The number of rotatable bonds is 0. The Kier molecular flexibility index (Phi) is 28.4. The molecule has 0 aliphatic heterocycles. The van der Waals surface area contributed by atoms with Crippen LogP contribution in [-0.4, -0.2) is 22.2 Å². The summed E-state index contributed by atoms with van der Waals surface area (Å²) in [5.74, 6) is -3.65. The molecule has 0 spiro atoms. The maximum Gasteiger partial charge on any atom is 0.414 e. The topological polar surface area (TPSA) is 74.6 Å². The van der Waals surface area contributed by atoms with Gasteiger partial charge in [0.05, 0.1) is 0 Å². The van der Waals surface area contributed by atoms with E-state index in [1.165, 1.54) is 0 Å². The molecule has 0 saturated carbocycles. The van der Waals surface area contributed by atoms with Crippen molar-refractivity contribution in [3.05, 3.63) is 0 Å². The average molecular weight is 235 g/mol. The van der Waals surface area contributed by atoms with Gasteiger partial charge in [-0.1, -0.05) is 0 Å². The molecule has 1 atom stereocenters. The Morgan fingerprint density at radius 2 is 1.11 bits per heavy atom. The maximum atomic E-state index is 9.10. The Hall–Kier alpha value is 0.409. The molecule has 0 aromatic heterocycles. The van der Waals surface area contributed by atoms with Gasteiger partial charge in [0.25, 0.3) is 0 Å². The molecule has 2 N–H and O–H groups in total. The Bertz CT molecular complexity index is 84.6. The van der Waals surface area contributed by atoms with Gasteiger partial charge in [-0.2, -0.15) is 9.90 Å². The summed E-state index contributed by atoms with van der Waals surface area (Å²) in [5.41, 5.74) is 0. The van der Waals surface area contributed by atoms with Gasteiger partial charge >= 0.3 is 11.9 Å². The van der Waals surface area contributed by atoms with Crippen molar-refractivity contribution in [1.29, 1.82) is 0 Å². The van der Waals surface area contributed by atoms with Crippen molar-refractivity contribution in [1.82, 2.24) is 0 Å². The summed E-state index contributed by atoms with van der Waals surface area (Å²) in [6.45, 7) is 0. The van der Waals surface area contributed by atoms with Crippen molar-refractivity contribution >= 4 is 21.8 Å². The van der Waals surface area contributed by atoms with Crippen LogP contribution < -0.4 is 0 Å². The van der Waals surface area contributed by atoms with Crippen LogP contribution in [0.4, 0.5) is 0 Å². The zero-order chi connectivity index (χ0) is 5.15. The van der Waals surface area contributed by atoms with Crippen molar-refractivity contribution in [2.45, 2.75) is 0 Å². The molecule has 0 bridgehead atoms. The fraction of sp³-hybridized carbons (Fsp3) is 0. The van der Waals surface area contributed by atoms with Crippen LogP contribution in [0.25, 0.3) is 0 Å². The molecule has 4 nitrogen and oxygen atoms in total. The van der Waals surface area contributed by atoms with Gasteiger partial charge in [-0.15, -0.1) is 0 Å². The van der Waals surface area contributed by atoms with Crippen LogP contribution in [0.1, 0.15) is 0 Å². The van der Waals surface area contributed by atoms with Gasteiger partial charge in [0.1, 0.15) is 0 Å². The third-order valence-corrected chi connectivity index (χ3v) is 0.183. The molecule has 1 radical (unpaired) electrons. The molecule has 1 unspecified atom stereocenters. The SMILES string of the molecule is O=C(O)C(=O)O.P.[Fe].[Mn]. The van der Waals surface area contributed by atoms with Gasteiger partial charge in [0.2, 0.25) is 0 Å². The summed E-state index contributed by atoms with van der Waals surface area (Å²) in [6.07, 6.45) is 0. The van der Waals surface area contributed by atoms with E-state index in [1.807, 2.05) is 0 Å². The molecule has 0 saturated heterocycles. The van der Waals surface area contributed by atoms with Crippen LogP contribution in [0.5, 0.6) is 0 Å². The second-order valence-electron chi connectivity index (χ2n) is 0.610. The van der Waals surface area contributed by atoms with E-state index in [0.717, 1.165) is 0 Å². The summed E-state index contributed by atoms with van der Waals surface area (Å²) < 4.78 is 0. The Balaban J connectivity index is -0.0000000417. The molecule has 9 heavy (non-hydrogen) atoms. The molecule has 57 valence electrons. The van der Waals surface area contributed by atoms with Crippen LogP contribution in [0.15, 0.2) is 0 Å². The van der Waals surface area contributed by atoms with Gasteiger partial charge in [-0.25, -0.2) is 9.59 Å². The zero-order valence-electron chi connectivity index (χ0n) is 4.15. The Labute approximate surface area is 76.0 Å². The van der Waals surface area contributed by atoms with Gasteiger partial charge < -0.3 is 10.2 Å². The third-order valence-electron chi connectivity index (χ3n) is 0.183. The van der Waals surface area contributed by atoms with Gasteiger partial charge in [-0.3, -0.25) is 0 Å². The molecule has 0 aromatic rings.